The van der Waals surface area contributed by atoms with Crippen LogP contribution >= 0.6 is 0 Å². The van der Waals surface area contributed by atoms with E-state index in [1.807, 2.05) is 25.1 Å². The summed E-state index contributed by atoms with van der Waals surface area (Å²) in [5.41, 5.74) is 8.55. The Morgan fingerprint density at radius 2 is 2.29 bits per heavy atom. The highest BCUT2D eigenvalue weighted by Crippen LogP contribution is 2.10. The number of amidine groups is 1. The lowest BCUT2D eigenvalue weighted by Crippen LogP contribution is -2.19. The Bertz CT molecular complexity index is 391. The third-order valence-electron chi connectivity index (χ3n) is 2.54. The van der Waals surface area contributed by atoms with Crippen molar-refractivity contribution in [2.45, 2.75) is 13.5 Å². The van der Waals surface area contributed by atoms with Gasteiger partial charge in [0, 0.05) is 25.8 Å². The lowest BCUT2D eigenvalue weighted by Gasteiger charge is -2.09. The number of benzene rings is 1. The summed E-state index contributed by atoms with van der Waals surface area (Å²) in [6.45, 7) is 4.30. The Morgan fingerprint density at radius 1 is 1.53 bits per heavy atom. The second-order valence-corrected chi connectivity index (χ2v) is 3.80. The quantitative estimate of drug-likeness (QED) is 0.225. The van der Waals surface area contributed by atoms with Gasteiger partial charge in [-0.3, -0.25) is 0 Å². The van der Waals surface area contributed by atoms with Gasteiger partial charge in [-0.25, -0.2) is 0 Å². The number of ether oxygens (including phenoxy) is 1. The first-order valence-electron chi connectivity index (χ1n) is 5.46. The first kappa shape index (κ1) is 13.5. The molecule has 4 N–H and O–H groups in total. The second kappa shape index (κ2) is 6.88. The Balaban J connectivity index is 2.63. The minimum absolute atomic E-state index is 0.131. The molecule has 0 heterocycles. The fourth-order valence-corrected chi connectivity index (χ4v) is 1.51. The molecule has 0 aromatic heterocycles. The number of rotatable bonds is 6. The molecule has 0 aliphatic rings. The molecule has 1 rings (SSSR count). The molecular formula is C12H19N3O2. The average molecular weight is 237 g/mol. The van der Waals surface area contributed by atoms with Crippen molar-refractivity contribution in [3.05, 3.63) is 34.9 Å². The summed E-state index contributed by atoms with van der Waals surface area (Å²) in [6.07, 6.45) is 0. The lowest BCUT2D eigenvalue weighted by atomic mass is 10.0. The molecule has 5 heteroatoms. The van der Waals surface area contributed by atoms with Gasteiger partial charge in [0.15, 0.2) is 5.84 Å². The molecule has 1 aromatic rings. The minimum atomic E-state index is 0.131. The summed E-state index contributed by atoms with van der Waals surface area (Å²) in [4.78, 5) is 0. The monoisotopic (exact) mass is 237 g/mol. The van der Waals surface area contributed by atoms with Gasteiger partial charge < -0.3 is 21.0 Å². The third kappa shape index (κ3) is 4.05. The molecule has 0 saturated carbocycles. The Kier molecular flexibility index (Phi) is 5.45. The predicted octanol–water partition coefficient (Wildman–Crippen LogP) is 0.826. The molecule has 0 aliphatic carbocycles. The highest BCUT2D eigenvalue weighted by molar-refractivity contribution is 5.97. The van der Waals surface area contributed by atoms with E-state index in [-0.39, 0.29) is 5.84 Å². The van der Waals surface area contributed by atoms with Crippen molar-refractivity contribution in [1.82, 2.24) is 5.32 Å². The molecule has 0 atom stereocenters. The van der Waals surface area contributed by atoms with Gasteiger partial charge in [-0.15, -0.1) is 0 Å². The van der Waals surface area contributed by atoms with Crippen LogP contribution in [0.15, 0.2) is 23.4 Å². The predicted molar refractivity (Wildman–Crippen MR) is 67.3 cm³/mol. The van der Waals surface area contributed by atoms with Crippen LogP contribution in [0.2, 0.25) is 0 Å². The van der Waals surface area contributed by atoms with Crippen molar-refractivity contribution in [2.75, 3.05) is 20.3 Å². The maximum absolute atomic E-state index is 8.59. The fraction of sp³-hybridized carbons (Fsp3) is 0.417. The smallest absolute Gasteiger partial charge is 0.170 e. The van der Waals surface area contributed by atoms with E-state index in [2.05, 4.69) is 10.5 Å². The maximum Gasteiger partial charge on any atom is 0.170 e. The number of nitrogens with zero attached hydrogens (tertiary/aromatic N) is 1. The average Bonchev–Trinajstić information content (AvgIpc) is 2.35. The van der Waals surface area contributed by atoms with Crippen molar-refractivity contribution in [3.63, 3.8) is 0 Å². The van der Waals surface area contributed by atoms with E-state index in [0.29, 0.717) is 6.61 Å². The number of nitrogens with one attached hydrogen (secondary N) is 1. The molecule has 5 nitrogen and oxygen atoms in total. The summed E-state index contributed by atoms with van der Waals surface area (Å²) in [5, 5.41) is 14.8. The van der Waals surface area contributed by atoms with E-state index < -0.39 is 0 Å². The SMILES string of the molecule is COCCNCc1ccc(/C(N)=N/O)cc1C. The molecule has 0 unspecified atom stereocenters. The van der Waals surface area contributed by atoms with Gasteiger partial charge in [0.1, 0.15) is 0 Å². The molecule has 0 aliphatic heterocycles. The second-order valence-electron chi connectivity index (χ2n) is 3.80. The van der Waals surface area contributed by atoms with Gasteiger partial charge in [0.05, 0.1) is 6.61 Å². The summed E-state index contributed by atoms with van der Waals surface area (Å²) in [6, 6.07) is 5.72. The minimum Gasteiger partial charge on any atom is -0.409 e. The van der Waals surface area contributed by atoms with Crippen LogP contribution in [0.5, 0.6) is 0 Å². The summed E-state index contributed by atoms with van der Waals surface area (Å²) >= 11 is 0. The lowest BCUT2D eigenvalue weighted by molar-refractivity contribution is 0.199. The van der Waals surface area contributed by atoms with Crippen molar-refractivity contribution < 1.29 is 9.94 Å². The van der Waals surface area contributed by atoms with Crippen molar-refractivity contribution in [2.24, 2.45) is 10.9 Å². The number of methoxy groups -OCH3 is 1. The first-order valence-corrected chi connectivity index (χ1v) is 5.46. The molecule has 1 aromatic carbocycles. The molecular weight excluding hydrogens is 218 g/mol. The zero-order valence-corrected chi connectivity index (χ0v) is 10.2. The summed E-state index contributed by atoms with van der Waals surface area (Å²) < 4.78 is 4.95. The van der Waals surface area contributed by atoms with Crippen molar-refractivity contribution >= 4 is 5.84 Å². The number of hydrogen-bond acceptors (Lipinski definition) is 4. The van der Waals surface area contributed by atoms with Crippen LogP contribution in [0.1, 0.15) is 16.7 Å². The van der Waals surface area contributed by atoms with Crippen LogP contribution in [0.25, 0.3) is 0 Å². The number of nitrogens with two attached hydrogens (primary N) is 1. The summed E-state index contributed by atoms with van der Waals surface area (Å²) in [7, 11) is 1.68. The fourth-order valence-electron chi connectivity index (χ4n) is 1.51. The van der Waals surface area contributed by atoms with E-state index in [1.54, 1.807) is 7.11 Å². The van der Waals surface area contributed by atoms with Gasteiger partial charge in [-0.2, -0.15) is 0 Å². The van der Waals surface area contributed by atoms with Gasteiger partial charge in [0.2, 0.25) is 0 Å². The standard InChI is InChI=1S/C12H19N3O2/c1-9-7-10(12(13)15-16)3-4-11(9)8-14-5-6-17-2/h3-4,7,14,16H,5-6,8H2,1-2H3,(H2,13,15). The van der Waals surface area contributed by atoms with E-state index >= 15 is 0 Å². The highest BCUT2D eigenvalue weighted by Gasteiger charge is 2.03. The number of aryl methyl sites for hydroxylation is 1. The Labute approximate surface area is 101 Å². The van der Waals surface area contributed by atoms with Gasteiger partial charge in [-0.05, 0) is 24.1 Å². The molecule has 0 amide bonds. The molecule has 0 saturated heterocycles. The molecule has 94 valence electrons. The van der Waals surface area contributed by atoms with Crippen LogP contribution in [-0.2, 0) is 11.3 Å². The maximum atomic E-state index is 8.59. The molecule has 17 heavy (non-hydrogen) atoms. The summed E-state index contributed by atoms with van der Waals surface area (Å²) in [5.74, 6) is 0.131. The Morgan fingerprint density at radius 3 is 2.88 bits per heavy atom. The van der Waals surface area contributed by atoms with E-state index in [4.69, 9.17) is 15.7 Å². The van der Waals surface area contributed by atoms with Crippen molar-refractivity contribution in [3.8, 4) is 0 Å². The first-order chi connectivity index (χ1) is 8.19. The molecule has 0 bridgehead atoms. The Hall–Kier alpha value is -1.59. The van der Waals surface area contributed by atoms with Crippen LogP contribution in [0, 0.1) is 6.92 Å². The zero-order valence-electron chi connectivity index (χ0n) is 10.2. The highest BCUT2D eigenvalue weighted by atomic mass is 16.5. The molecule has 0 fully saturated rings. The van der Waals surface area contributed by atoms with Gasteiger partial charge in [0.25, 0.3) is 0 Å². The van der Waals surface area contributed by atoms with Crippen molar-refractivity contribution in [1.29, 1.82) is 0 Å². The van der Waals surface area contributed by atoms with Gasteiger partial charge >= 0.3 is 0 Å². The number of oxime groups is 1. The largest absolute Gasteiger partial charge is 0.409 e. The molecule has 0 spiro atoms. The van der Waals surface area contributed by atoms with Crippen LogP contribution in [-0.4, -0.2) is 31.3 Å². The zero-order chi connectivity index (χ0) is 12.7. The van der Waals surface area contributed by atoms with Crippen LogP contribution in [0.4, 0.5) is 0 Å². The van der Waals surface area contributed by atoms with Crippen LogP contribution < -0.4 is 11.1 Å². The van der Waals surface area contributed by atoms with Crippen LogP contribution in [0.3, 0.4) is 0 Å². The normalized spacial score (nSPS) is 11.8. The van der Waals surface area contributed by atoms with Gasteiger partial charge in [-0.1, -0.05) is 17.3 Å². The number of hydrogen-bond donors (Lipinski definition) is 3. The topological polar surface area (TPSA) is 79.9 Å². The van der Waals surface area contributed by atoms with E-state index in [9.17, 15) is 0 Å². The van der Waals surface area contributed by atoms with E-state index in [0.717, 1.165) is 24.2 Å². The third-order valence-corrected chi connectivity index (χ3v) is 2.54. The van der Waals surface area contributed by atoms with E-state index in [1.165, 1.54) is 5.56 Å². The molecule has 0 radical (unpaired) electrons.